The van der Waals surface area contributed by atoms with Crippen molar-refractivity contribution in [2.75, 3.05) is 18.1 Å². The molecule has 4 heterocycles. The molecule has 10 heteroatoms. The first-order chi connectivity index (χ1) is 17.8. The van der Waals surface area contributed by atoms with Crippen LogP contribution in [0.5, 0.6) is 5.75 Å². The Labute approximate surface area is 211 Å². The standard InChI is InChI=1S/C25H28F2N6OS/c1-24-7-8-25(2,32-24)22(27)18(11-24)33(3)20-13-29-23(31-30-20)15-6-5-14(9-19(15)34)16-10-21(35-4)28-12-17(16)26/h5-6,9-10,12-13,18,22,32,34H,7-8,11H2,1-4H3/t18-,22-,24-,25+/m1/s1/i4D3. The highest BCUT2D eigenvalue weighted by Gasteiger charge is 2.56. The fourth-order valence-electron chi connectivity index (χ4n) is 5.34. The molecule has 184 valence electrons. The average molecular weight is 502 g/mol. The Hall–Kier alpha value is -2.85. The second kappa shape index (κ2) is 8.67. The molecule has 0 unspecified atom stereocenters. The van der Waals surface area contributed by atoms with Gasteiger partial charge in [0.15, 0.2) is 11.6 Å². The Morgan fingerprint density at radius 3 is 2.71 bits per heavy atom. The maximum Gasteiger partial charge on any atom is 0.185 e. The molecule has 0 radical (unpaired) electrons. The summed E-state index contributed by atoms with van der Waals surface area (Å²) in [6.07, 6.45) is 1.35. The molecule has 3 aromatic rings. The first-order valence-corrected chi connectivity index (χ1v) is 12.1. The van der Waals surface area contributed by atoms with Gasteiger partial charge in [-0.05, 0) is 63.1 Å². The predicted octanol–water partition coefficient (Wildman–Crippen LogP) is 4.61. The molecule has 0 aliphatic carbocycles. The van der Waals surface area contributed by atoms with E-state index in [4.69, 9.17) is 4.11 Å². The van der Waals surface area contributed by atoms with Gasteiger partial charge in [-0.15, -0.1) is 22.0 Å². The predicted molar refractivity (Wildman–Crippen MR) is 133 cm³/mol. The number of piperidine rings is 1. The van der Waals surface area contributed by atoms with Crippen molar-refractivity contribution in [1.82, 2.24) is 25.5 Å². The molecule has 2 aliphatic rings. The van der Waals surface area contributed by atoms with Crippen LogP contribution in [0.3, 0.4) is 0 Å². The summed E-state index contributed by atoms with van der Waals surface area (Å²) >= 11 is 0.540. The third-order valence-corrected chi connectivity index (χ3v) is 7.71. The van der Waals surface area contributed by atoms with Crippen LogP contribution in [0.25, 0.3) is 22.5 Å². The summed E-state index contributed by atoms with van der Waals surface area (Å²) in [5, 5.41) is 22.7. The van der Waals surface area contributed by atoms with Crippen LogP contribution in [0, 0.1) is 5.82 Å². The van der Waals surface area contributed by atoms with Crippen molar-refractivity contribution in [3.05, 3.63) is 42.5 Å². The highest BCUT2D eigenvalue weighted by molar-refractivity contribution is 7.98. The van der Waals surface area contributed by atoms with Crippen LogP contribution >= 0.6 is 11.8 Å². The van der Waals surface area contributed by atoms with Gasteiger partial charge in [-0.1, -0.05) is 6.07 Å². The molecule has 2 N–H and O–H groups in total. The van der Waals surface area contributed by atoms with Crippen LogP contribution in [0.2, 0.25) is 0 Å². The first kappa shape index (κ1) is 20.4. The van der Waals surface area contributed by atoms with Gasteiger partial charge in [-0.2, -0.15) is 0 Å². The number of aromatic hydroxyl groups is 1. The minimum Gasteiger partial charge on any atom is -0.507 e. The number of thioether (sulfide) groups is 1. The summed E-state index contributed by atoms with van der Waals surface area (Å²) in [5.41, 5.74) is -0.000323. The third-order valence-electron chi connectivity index (χ3n) is 7.28. The van der Waals surface area contributed by atoms with E-state index in [-0.39, 0.29) is 39.3 Å². The summed E-state index contributed by atoms with van der Waals surface area (Å²) in [6.45, 7) is 4.04. The van der Waals surface area contributed by atoms with Crippen LogP contribution in [0.1, 0.15) is 37.2 Å². The number of hydrogen-bond acceptors (Lipinski definition) is 8. The number of phenols is 1. The maximum atomic E-state index is 15.5. The smallest absolute Gasteiger partial charge is 0.185 e. The second-order valence-electron chi connectivity index (χ2n) is 9.86. The van der Waals surface area contributed by atoms with Crippen molar-refractivity contribution in [3.63, 3.8) is 0 Å². The lowest BCUT2D eigenvalue weighted by atomic mass is 9.82. The number of alkyl halides is 1. The number of anilines is 1. The van der Waals surface area contributed by atoms with E-state index >= 15 is 4.39 Å². The van der Waals surface area contributed by atoms with Gasteiger partial charge in [-0.3, -0.25) is 0 Å². The zero-order chi connectivity index (χ0) is 27.5. The Morgan fingerprint density at radius 1 is 1.17 bits per heavy atom. The number of rotatable bonds is 5. The van der Waals surface area contributed by atoms with Crippen LogP contribution in [-0.2, 0) is 0 Å². The molecule has 2 bridgehead atoms. The molecule has 2 fully saturated rings. The lowest BCUT2D eigenvalue weighted by Gasteiger charge is -2.47. The van der Waals surface area contributed by atoms with Gasteiger partial charge in [0.1, 0.15) is 17.7 Å². The van der Waals surface area contributed by atoms with Gasteiger partial charge >= 0.3 is 0 Å². The number of benzene rings is 1. The third kappa shape index (κ3) is 4.23. The minimum atomic E-state index is -2.33. The second-order valence-corrected chi connectivity index (χ2v) is 10.5. The highest BCUT2D eigenvalue weighted by atomic mass is 32.2. The number of fused-ring (bicyclic) bond motifs is 2. The largest absolute Gasteiger partial charge is 0.507 e. The van der Waals surface area contributed by atoms with Gasteiger partial charge in [0, 0.05) is 27.8 Å². The van der Waals surface area contributed by atoms with Crippen LogP contribution in [-0.4, -0.2) is 61.8 Å². The van der Waals surface area contributed by atoms with E-state index in [0.717, 1.165) is 19.0 Å². The van der Waals surface area contributed by atoms with Crippen LogP contribution in [0.15, 0.2) is 41.7 Å². The molecular weight excluding hydrogens is 470 g/mol. The number of phenolic OH excluding ortho intramolecular Hbond substituents is 1. The zero-order valence-electron chi connectivity index (χ0n) is 22.6. The number of aromatic nitrogens is 4. The van der Waals surface area contributed by atoms with Crippen LogP contribution < -0.4 is 10.2 Å². The van der Waals surface area contributed by atoms with Gasteiger partial charge in [0.2, 0.25) is 0 Å². The van der Waals surface area contributed by atoms with Gasteiger partial charge in [0.05, 0.1) is 29.0 Å². The molecule has 4 atom stereocenters. The highest BCUT2D eigenvalue weighted by Crippen LogP contribution is 2.45. The summed E-state index contributed by atoms with van der Waals surface area (Å²) < 4.78 is 52.1. The molecule has 2 aliphatic heterocycles. The molecule has 2 saturated heterocycles. The summed E-state index contributed by atoms with van der Waals surface area (Å²) in [5.74, 6) is -0.283. The number of halogens is 2. The van der Waals surface area contributed by atoms with Gasteiger partial charge in [-0.25, -0.2) is 18.7 Å². The van der Waals surface area contributed by atoms with E-state index < -0.39 is 23.7 Å². The van der Waals surface area contributed by atoms with Crippen molar-refractivity contribution >= 4 is 17.6 Å². The molecule has 5 rings (SSSR count). The quantitative estimate of drug-likeness (QED) is 0.490. The molecule has 1 aromatic carbocycles. The molecule has 0 spiro atoms. The van der Waals surface area contributed by atoms with E-state index in [0.29, 0.717) is 29.6 Å². The van der Waals surface area contributed by atoms with Crippen molar-refractivity contribution in [2.24, 2.45) is 0 Å². The van der Waals surface area contributed by atoms with Crippen LogP contribution in [0.4, 0.5) is 14.6 Å². The minimum absolute atomic E-state index is 0.101. The average Bonchev–Trinajstić information content (AvgIpc) is 3.13. The number of nitrogens with one attached hydrogen (secondary N) is 1. The van der Waals surface area contributed by atoms with E-state index in [1.165, 1.54) is 24.4 Å². The number of pyridine rings is 1. The van der Waals surface area contributed by atoms with Crippen molar-refractivity contribution in [3.8, 4) is 28.3 Å². The SMILES string of the molecule is [2H]C([2H])([2H])Sc1cc(-c2ccc(-c3ncc(N(C)[C@@H]4C[C@@]5(C)CC[C@](C)(N5)[C@@H]4F)nn3)c(O)c2)c(F)cn1. The van der Waals surface area contributed by atoms with Crippen molar-refractivity contribution in [1.29, 1.82) is 0 Å². The fourth-order valence-corrected chi connectivity index (χ4v) is 5.62. The lowest BCUT2D eigenvalue weighted by Crippen LogP contribution is -2.65. The topological polar surface area (TPSA) is 87.1 Å². The molecule has 0 saturated carbocycles. The molecule has 2 aromatic heterocycles. The number of nitrogens with zero attached hydrogens (tertiary/aromatic N) is 5. The van der Waals surface area contributed by atoms with Crippen molar-refractivity contribution in [2.45, 2.75) is 61.4 Å². The summed E-state index contributed by atoms with van der Waals surface area (Å²) in [7, 11) is 1.79. The summed E-state index contributed by atoms with van der Waals surface area (Å²) in [4.78, 5) is 9.95. The van der Waals surface area contributed by atoms with E-state index in [1.807, 2.05) is 6.92 Å². The Morgan fingerprint density at radius 2 is 2.00 bits per heavy atom. The zero-order valence-corrected chi connectivity index (χ0v) is 20.4. The normalized spacial score (nSPS) is 29.3. The monoisotopic (exact) mass is 501 g/mol. The number of hydrogen-bond donors (Lipinski definition) is 2. The lowest BCUT2D eigenvalue weighted by molar-refractivity contribution is 0.0859. The maximum absolute atomic E-state index is 15.5. The van der Waals surface area contributed by atoms with E-state index in [9.17, 15) is 9.50 Å². The molecular formula is C25H28F2N6OS. The Balaban J connectivity index is 1.37. The fraction of sp³-hybridized carbons (Fsp3) is 0.440. The molecule has 7 nitrogen and oxygen atoms in total. The van der Waals surface area contributed by atoms with Gasteiger partial charge in [0.25, 0.3) is 0 Å². The first-order valence-electron chi connectivity index (χ1n) is 12.8. The van der Waals surface area contributed by atoms with E-state index in [2.05, 4.69) is 32.4 Å². The molecule has 35 heavy (non-hydrogen) atoms. The van der Waals surface area contributed by atoms with Gasteiger partial charge < -0.3 is 15.3 Å². The Bertz CT molecular complexity index is 1360. The van der Waals surface area contributed by atoms with Crippen molar-refractivity contribution < 1.29 is 18.0 Å². The van der Waals surface area contributed by atoms with E-state index in [1.54, 1.807) is 18.0 Å². The molecule has 0 amide bonds. The summed E-state index contributed by atoms with van der Waals surface area (Å²) in [6, 6.07) is 5.40. The Kier molecular flexibility index (Phi) is 5.04.